The van der Waals surface area contributed by atoms with Gasteiger partial charge in [-0.15, -0.1) is 0 Å². The van der Waals surface area contributed by atoms with Crippen LogP contribution in [0.3, 0.4) is 0 Å². The quantitative estimate of drug-likeness (QED) is 0.912. The Morgan fingerprint density at radius 1 is 1.20 bits per heavy atom. The molecule has 0 aliphatic carbocycles. The summed E-state index contributed by atoms with van der Waals surface area (Å²) < 4.78 is 27.0. The number of aromatic amines is 1. The molecule has 0 atom stereocenters. The number of rotatable bonds is 2. The Labute approximate surface area is 121 Å². The number of nitrogens with one attached hydrogen (secondary N) is 1. The second kappa shape index (κ2) is 5.15. The number of aryl methyl sites for hydroxylation is 2. The van der Waals surface area contributed by atoms with E-state index in [1.807, 2.05) is 0 Å². The van der Waals surface area contributed by atoms with Crippen LogP contribution in [-0.4, -0.2) is 36.0 Å². The van der Waals surface area contributed by atoms with Crippen LogP contribution in [0.1, 0.15) is 45.0 Å². The maximum atomic E-state index is 12.7. The largest absolute Gasteiger partial charge is 0.281 e. The molecule has 1 saturated heterocycles. The van der Waals surface area contributed by atoms with E-state index in [4.69, 9.17) is 0 Å². The van der Waals surface area contributed by atoms with Crippen LogP contribution in [0, 0.1) is 25.2 Å². The number of aromatic nitrogens is 2. The summed E-state index contributed by atoms with van der Waals surface area (Å²) in [6, 6.07) is 0. The predicted molar refractivity (Wildman–Crippen MR) is 79.0 cm³/mol. The van der Waals surface area contributed by atoms with Crippen molar-refractivity contribution in [1.82, 2.24) is 14.5 Å². The molecule has 0 amide bonds. The Balaban J connectivity index is 2.18. The topological polar surface area (TPSA) is 66.1 Å². The van der Waals surface area contributed by atoms with Crippen LogP contribution >= 0.6 is 0 Å². The number of sulfonamides is 1. The van der Waals surface area contributed by atoms with Gasteiger partial charge in [0.05, 0.1) is 11.4 Å². The molecule has 1 aliphatic heterocycles. The minimum Gasteiger partial charge on any atom is -0.281 e. The Hall–Kier alpha value is -0.880. The standard InChI is InChI=1S/C14H25N3O2S/c1-10-13(11(2)16-15-10)20(18,19)17-8-6-12(7-9-17)14(3,4)5/h12H,6-9H2,1-5H3,(H,15,16). The highest BCUT2D eigenvalue weighted by Crippen LogP contribution is 2.36. The van der Waals surface area contributed by atoms with E-state index < -0.39 is 10.0 Å². The number of nitrogens with zero attached hydrogens (tertiary/aromatic N) is 2. The zero-order chi connectivity index (χ0) is 15.1. The van der Waals surface area contributed by atoms with E-state index >= 15 is 0 Å². The first kappa shape index (κ1) is 15.5. The summed E-state index contributed by atoms with van der Waals surface area (Å²) >= 11 is 0. The molecule has 6 heteroatoms. The molecule has 1 fully saturated rings. The molecular weight excluding hydrogens is 274 g/mol. The van der Waals surface area contributed by atoms with Gasteiger partial charge in [-0.1, -0.05) is 20.8 Å². The van der Waals surface area contributed by atoms with Gasteiger partial charge >= 0.3 is 0 Å². The summed E-state index contributed by atoms with van der Waals surface area (Å²) in [5.74, 6) is 0.584. The third-order valence-electron chi connectivity index (χ3n) is 4.34. The first-order valence-corrected chi connectivity index (χ1v) is 8.59. The minimum absolute atomic E-state index is 0.247. The van der Waals surface area contributed by atoms with E-state index in [0.29, 0.717) is 35.3 Å². The second-order valence-electron chi connectivity index (χ2n) is 6.81. The smallest absolute Gasteiger partial charge is 0.246 e. The Bertz CT molecular complexity index is 557. The molecule has 0 spiro atoms. The molecule has 1 N–H and O–H groups in total. The van der Waals surface area contributed by atoms with E-state index in [9.17, 15) is 8.42 Å². The van der Waals surface area contributed by atoms with E-state index in [1.165, 1.54) is 0 Å². The molecule has 0 radical (unpaired) electrons. The molecule has 0 bridgehead atoms. The van der Waals surface area contributed by atoms with Crippen LogP contribution in [0.4, 0.5) is 0 Å². The normalized spacial score (nSPS) is 19.4. The highest BCUT2D eigenvalue weighted by molar-refractivity contribution is 7.89. The number of hydrogen-bond donors (Lipinski definition) is 1. The molecule has 1 aromatic heterocycles. The molecule has 0 aromatic carbocycles. The van der Waals surface area contributed by atoms with Gasteiger partial charge in [0.1, 0.15) is 4.90 Å². The second-order valence-corrected chi connectivity index (χ2v) is 8.68. The lowest BCUT2D eigenvalue weighted by Crippen LogP contribution is -2.41. The van der Waals surface area contributed by atoms with E-state index in [0.717, 1.165) is 12.8 Å². The van der Waals surface area contributed by atoms with E-state index in [-0.39, 0.29) is 5.41 Å². The lowest BCUT2D eigenvalue weighted by atomic mass is 9.76. The summed E-state index contributed by atoms with van der Waals surface area (Å²) in [4.78, 5) is 0.353. The van der Waals surface area contributed by atoms with Gasteiger partial charge in [-0.3, -0.25) is 5.10 Å². The van der Waals surface area contributed by atoms with Crippen LogP contribution < -0.4 is 0 Å². The van der Waals surface area contributed by atoms with Gasteiger partial charge in [0.15, 0.2) is 0 Å². The molecular formula is C14H25N3O2S. The Morgan fingerprint density at radius 3 is 2.15 bits per heavy atom. The first-order chi connectivity index (χ1) is 9.14. The van der Waals surface area contributed by atoms with Gasteiger partial charge in [0.25, 0.3) is 0 Å². The molecule has 2 heterocycles. The molecule has 114 valence electrons. The predicted octanol–water partition coefficient (Wildman–Crippen LogP) is 2.47. The average Bonchev–Trinajstić information content (AvgIpc) is 2.68. The number of piperidine rings is 1. The maximum Gasteiger partial charge on any atom is 0.246 e. The maximum absolute atomic E-state index is 12.7. The third kappa shape index (κ3) is 2.76. The van der Waals surface area contributed by atoms with Crippen molar-refractivity contribution >= 4 is 10.0 Å². The molecule has 1 aliphatic rings. The summed E-state index contributed by atoms with van der Waals surface area (Å²) in [7, 11) is -3.41. The number of hydrogen-bond acceptors (Lipinski definition) is 3. The molecule has 20 heavy (non-hydrogen) atoms. The molecule has 1 aromatic rings. The Kier molecular flexibility index (Phi) is 3.99. The SMILES string of the molecule is Cc1n[nH]c(C)c1S(=O)(=O)N1CCC(C(C)(C)C)CC1. The van der Waals surface area contributed by atoms with E-state index in [2.05, 4.69) is 31.0 Å². The average molecular weight is 299 g/mol. The van der Waals surface area contributed by atoms with Crippen LogP contribution in [0.15, 0.2) is 4.90 Å². The summed E-state index contributed by atoms with van der Waals surface area (Å²) in [6.07, 6.45) is 1.86. The van der Waals surface area contributed by atoms with Crippen molar-refractivity contribution in [2.24, 2.45) is 11.3 Å². The highest BCUT2D eigenvalue weighted by atomic mass is 32.2. The summed E-state index contributed by atoms with van der Waals surface area (Å²) in [6.45, 7) is 11.4. The van der Waals surface area contributed by atoms with Crippen molar-refractivity contribution in [3.8, 4) is 0 Å². The monoisotopic (exact) mass is 299 g/mol. The van der Waals surface area contributed by atoms with Gasteiger partial charge in [-0.05, 0) is 38.0 Å². The van der Waals surface area contributed by atoms with Gasteiger partial charge in [0, 0.05) is 13.1 Å². The highest BCUT2D eigenvalue weighted by Gasteiger charge is 2.35. The zero-order valence-electron chi connectivity index (χ0n) is 13.0. The zero-order valence-corrected chi connectivity index (χ0v) is 13.8. The summed E-state index contributed by atoms with van der Waals surface area (Å²) in [5, 5.41) is 6.76. The summed E-state index contributed by atoms with van der Waals surface area (Å²) in [5.41, 5.74) is 1.43. The van der Waals surface area contributed by atoms with Crippen LogP contribution in [-0.2, 0) is 10.0 Å². The number of H-pyrrole nitrogens is 1. The minimum atomic E-state index is -3.41. The fourth-order valence-electron chi connectivity index (χ4n) is 3.01. The first-order valence-electron chi connectivity index (χ1n) is 7.15. The van der Waals surface area contributed by atoms with Crippen molar-refractivity contribution in [2.75, 3.05) is 13.1 Å². The van der Waals surface area contributed by atoms with Crippen molar-refractivity contribution < 1.29 is 8.42 Å². The van der Waals surface area contributed by atoms with Crippen molar-refractivity contribution in [1.29, 1.82) is 0 Å². The fourth-order valence-corrected chi connectivity index (χ4v) is 4.81. The fraction of sp³-hybridized carbons (Fsp3) is 0.786. The molecule has 0 saturated carbocycles. The van der Waals surface area contributed by atoms with Crippen molar-refractivity contribution in [2.45, 2.75) is 52.4 Å². The van der Waals surface area contributed by atoms with Crippen LogP contribution in [0.5, 0.6) is 0 Å². The van der Waals surface area contributed by atoms with Crippen LogP contribution in [0.2, 0.25) is 0 Å². The van der Waals surface area contributed by atoms with E-state index in [1.54, 1.807) is 18.2 Å². The molecule has 5 nitrogen and oxygen atoms in total. The van der Waals surface area contributed by atoms with Crippen molar-refractivity contribution in [3.63, 3.8) is 0 Å². The third-order valence-corrected chi connectivity index (χ3v) is 6.50. The van der Waals surface area contributed by atoms with Gasteiger partial charge in [-0.25, -0.2) is 8.42 Å². The molecule has 0 unspecified atom stereocenters. The van der Waals surface area contributed by atoms with Gasteiger partial charge < -0.3 is 0 Å². The lowest BCUT2D eigenvalue weighted by Gasteiger charge is -2.38. The van der Waals surface area contributed by atoms with Gasteiger partial charge in [0.2, 0.25) is 10.0 Å². The van der Waals surface area contributed by atoms with Crippen molar-refractivity contribution in [3.05, 3.63) is 11.4 Å². The lowest BCUT2D eigenvalue weighted by molar-refractivity contribution is 0.154. The molecule has 2 rings (SSSR count). The Morgan fingerprint density at radius 2 is 1.75 bits per heavy atom. The van der Waals surface area contributed by atoms with Gasteiger partial charge in [-0.2, -0.15) is 9.40 Å². The van der Waals surface area contributed by atoms with Crippen LogP contribution in [0.25, 0.3) is 0 Å².